The Morgan fingerprint density at radius 3 is 2.87 bits per heavy atom. The number of aromatic nitrogens is 3. The maximum absolute atomic E-state index is 12.9. The van der Waals surface area contributed by atoms with Crippen molar-refractivity contribution in [1.82, 2.24) is 19.7 Å². The molecule has 1 saturated heterocycles. The van der Waals surface area contributed by atoms with Crippen LogP contribution >= 0.6 is 0 Å². The molecule has 1 N–H and O–H groups in total. The van der Waals surface area contributed by atoms with Crippen molar-refractivity contribution in [1.29, 1.82) is 0 Å². The van der Waals surface area contributed by atoms with Gasteiger partial charge in [-0.1, -0.05) is 18.2 Å². The third-order valence-electron chi connectivity index (χ3n) is 7.77. The summed E-state index contributed by atoms with van der Waals surface area (Å²) in [5.41, 5.74) is 5.20. The van der Waals surface area contributed by atoms with Gasteiger partial charge in [0, 0.05) is 37.4 Å². The van der Waals surface area contributed by atoms with Crippen LogP contribution in [0.1, 0.15) is 74.9 Å². The smallest absolute Gasteiger partial charge is 0.306 e. The second-order valence-electron chi connectivity index (χ2n) is 12.3. The molecule has 7 nitrogen and oxygen atoms in total. The van der Waals surface area contributed by atoms with Gasteiger partial charge in [-0.3, -0.25) is 4.79 Å². The van der Waals surface area contributed by atoms with Crippen molar-refractivity contribution in [2.45, 2.75) is 77.7 Å². The number of likely N-dealkylation sites (tertiary alicyclic amines) is 1. The molecule has 0 saturated carbocycles. The number of nitrogens with one attached hydrogen (secondary N) is 1. The standard InChI is InChI=1S/C32H43N5O2/c1-23-14-18-37(35-23)29-9-5-7-26(19-29)27(20-30(38)39-32(2,3)4)22-36-17-15-24(21-36)10-12-28-13-11-25-8-6-16-33-31(25)34-28/h5,7,9,11,13-14,18-19,24,27H,6,8,10,12,15-17,20-22H2,1-4H3,(H,33,34). The number of carbonyl (C=O) groups excluding carboxylic acids is 1. The number of hydrogen-bond acceptors (Lipinski definition) is 6. The molecule has 1 aromatic carbocycles. The van der Waals surface area contributed by atoms with E-state index in [1.807, 2.05) is 44.6 Å². The van der Waals surface area contributed by atoms with E-state index < -0.39 is 5.60 Å². The lowest BCUT2D eigenvalue weighted by Crippen LogP contribution is -2.30. The van der Waals surface area contributed by atoms with E-state index in [1.165, 1.54) is 24.1 Å². The number of anilines is 1. The van der Waals surface area contributed by atoms with Crippen LogP contribution in [0.2, 0.25) is 0 Å². The second kappa shape index (κ2) is 11.9. The zero-order valence-electron chi connectivity index (χ0n) is 23.9. The molecule has 7 heteroatoms. The summed E-state index contributed by atoms with van der Waals surface area (Å²) in [6.07, 6.45) is 8.01. The number of rotatable bonds is 9. The SMILES string of the molecule is Cc1ccn(-c2cccc(C(CC(=O)OC(C)(C)C)CN3CCC(CCc4ccc5c(n4)NCCC5)C3)c2)n1. The number of benzene rings is 1. The van der Waals surface area contributed by atoms with Gasteiger partial charge in [0.2, 0.25) is 0 Å². The topological polar surface area (TPSA) is 72.3 Å². The molecule has 5 rings (SSSR count). The summed E-state index contributed by atoms with van der Waals surface area (Å²) in [7, 11) is 0. The van der Waals surface area contributed by atoms with Crippen LogP contribution in [-0.4, -0.2) is 57.4 Å². The fraction of sp³-hybridized carbons (Fsp3) is 0.531. The van der Waals surface area contributed by atoms with Gasteiger partial charge in [0.05, 0.1) is 17.8 Å². The molecule has 0 spiro atoms. The van der Waals surface area contributed by atoms with Crippen molar-refractivity contribution in [2.24, 2.45) is 5.92 Å². The highest BCUT2D eigenvalue weighted by Gasteiger charge is 2.28. The van der Waals surface area contributed by atoms with E-state index in [2.05, 4.69) is 51.7 Å². The normalized spacial score (nSPS) is 18.4. The molecule has 2 aliphatic heterocycles. The van der Waals surface area contributed by atoms with E-state index in [0.29, 0.717) is 12.3 Å². The number of aryl methyl sites for hydroxylation is 3. The maximum atomic E-state index is 12.9. The molecule has 2 aliphatic rings. The molecule has 0 amide bonds. The molecule has 39 heavy (non-hydrogen) atoms. The van der Waals surface area contributed by atoms with Crippen molar-refractivity contribution in [3.63, 3.8) is 0 Å². The zero-order chi connectivity index (χ0) is 27.4. The monoisotopic (exact) mass is 529 g/mol. The van der Waals surface area contributed by atoms with Gasteiger partial charge in [-0.05, 0) is 108 Å². The first-order valence-corrected chi connectivity index (χ1v) is 14.5. The highest BCUT2D eigenvalue weighted by atomic mass is 16.6. The van der Waals surface area contributed by atoms with Crippen LogP contribution in [0.4, 0.5) is 5.82 Å². The Hall–Kier alpha value is -3.19. The first kappa shape index (κ1) is 27.4. The number of ether oxygens (including phenoxy) is 1. The zero-order valence-corrected chi connectivity index (χ0v) is 23.9. The van der Waals surface area contributed by atoms with Gasteiger partial charge in [0.25, 0.3) is 0 Å². The fourth-order valence-corrected chi connectivity index (χ4v) is 5.84. The Kier molecular flexibility index (Phi) is 8.36. The van der Waals surface area contributed by atoms with Gasteiger partial charge in [-0.2, -0.15) is 5.10 Å². The van der Waals surface area contributed by atoms with Crippen LogP contribution in [-0.2, 0) is 22.4 Å². The number of esters is 1. The summed E-state index contributed by atoms with van der Waals surface area (Å²) < 4.78 is 7.64. The third-order valence-corrected chi connectivity index (χ3v) is 7.77. The van der Waals surface area contributed by atoms with Crippen LogP contribution in [0, 0.1) is 12.8 Å². The summed E-state index contributed by atoms with van der Waals surface area (Å²) in [6, 6.07) is 14.9. The van der Waals surface area contributed by atoms with E-state index in [4.69, 9.17) is 9.72 Å². The number of fused-ring (bicyclic) bond motifs is 1. The third kappa shape index (κ3) is 7.47. The summed E-state index contributed by atoms with van der Waals surface area (Å²) in [5.74, 6) is 1.65. The minimum Gasteiger partial charge on any atom is -0.460 e. The van der Waals surface area contributed by atoms with Gasteiger partial charge < -0.3 is 15.0 Å². The first-order chi connectivity index (χ1) is 18.7. The molecular formula is C32H43N5O2. The van der Waals surface area contributed by atoms with Crippen LogP contribution in [0.5, 0.6) is 0 Å². The average molecular weight is 530 g/mol. The van der Waals surface area contributed by atoms with Crippen molar-refractivity contribution in [2.75, 3.05) is 31.5 Å². The molecule has 4 heterocycles. The molecule has 2 atom stereocenters. The van der Waals surface area contributed by atoms with Crippen LogP contribution in [0.25, 0.3) is 5.69 Å². The van der Waals surface area contributed by atoms with E-state index in [0.717, 1.165) is 68.2 Å². The van der Waals surface area contributed by atoms with Crippen LogP contribution in [0.15, 0.2) is 48.7 Å². The van der Waals surface area contributed by atoms with E-state index >= 15 is 0 Å². The fourth-order valence-electron chi connectivity index (χ4n) is 5.84. The summed E-state index contributed by atoms with van der Waals surface area (Å²) >= 11 is 0. The van der Waals surface area contributed by atoms with Crippen molar-refractivity contribution >= 4 is 11.8 Å². The van der Waals surface area contributed by atoms with Crippen LogP contribution < -0.4 is 5.32 Å². The lowest BCUT2D eigenvalue weighted by molar-refractivity contribution is -0.155. The summed E-state index contributed by atoms with van der Waals surface area (Å²) in [6.45, 7) is 11.8. The summed E-state index contributed by atoms with van der Waals surface area (Å²) in [4.78, 5) is 20.4. The highest BCUT2D eigenvalue weighted by Crippen LogP contribution is 2.29. The quantitative estimate of drug-likeness (QED) is 0.358. The number of carbonyl (C=O) groups is 1. The maximum Gasteiger partial charge on any atom is 0.306 e. The van der Waals surface area contributed by atoms with Crippen molar-refractivity contribution in [3.8, 4) is 5.69 Å². The van der Waals surface area contributed by atoms with Gasteiger partial charge in [-0.25, -0.2) is 9.67 Å². The Morgan fingerprint density at radius 1 is 1.21 bits per heavy atom. The molecular weight excluding hydrogens is 486 g/mol. The molecule has 0 bridgehead atoms. The molecule has 2 aromatic heterocycles. The highest BCUT2D eigenvalue weighted by molar-refractivity contribution is 5.71. The largest absolute Gasteiger partial charge is 0.460 e. The molecule has 0 radical (unpaired) electrons. The Morgan fingerprint density at radius 2 is 2.08 bits per heavy atom. The predicted molar refractivity (Wildman–Crippen MR) is 155 cm³/mol. The molecule has 0 aliphatic carbocycles. The van der Waals surface area contributed by atoms with Gasteiger partial charge in [0.15, 0.2) is 0 Å². The van der Waals surface area contributed by atoms with E-state index in [1.54, 1.807) is 0 Å². The lowest BCUT2D eigenvalue weighted by Gasteiger charge is -2.26. The molecule has 2 unspecified atom stereocenters. The Balaban J connectivity index is 1.24. The molecule has 208 valence electrons. The summed E-state index contributed by atoms with van der Waals surface area (Å²) in [5, 5.41) is 8.04. The number of hydrogen-bond donors (Lipinski definition) is 1. The van der Waals surface area contributed by atoms with E-state index in [-0.39, 0.29) is 11.9 Å². The van der Waals surface area contributed by atoms with Gasteiger partial charge >= 0.3 is 5.97 Å². The lowest BCUT2D eigenvalue weighted by atomic mass is 9.94. The second-order valence-corrected chi connectivity index (χ2v) is 12.3. The van der Waals surface area contributed by atoms with Gasteiger partial charge in [0.1, 0.15) is 11.4 Å². The van der Waals surface area contributed by atoms with E-state index in [9.17, 15) is 4.79 Å². The minimum absolute atomic E-state index is 0.0589. The number of nitrogens with zero attached hydrogens (tertiary/aromatic N) is 4. The Bertz CT molecular complexity index is 1280. The van der Waals surface area contributed by atoms with Crippen LogP contribution in [0.3, 0.4) is 0 Å². The Labute approximate surface area is 233 Å². The van der Waals surface area contributed by atoms with Gasteiger partial charge in [-0.15, -0.1) is 0 Å². The minimum atomic E-state index is -0.491. The molecule has 1 fully saturated rings. The predicted octanol–water partition coefficient (Wildman–Crippen LogP) is 5.70. The van der Waals surface area contributed by atoms with Crippen molar-refractivity contribution in [3.05, 3.63) is 71.2 Å². The average Bonchev–Trinajstić information content (AvgIpc) is 3.55. The van der Waals surface area contributed by atoms with Crippen molar-refractivity contribution < 1.29 is 9.53 Å². The first-order valence-electron chi connectivity index (χ1n) is 14.5. The number of pyridine rings is 1. The molecule has 3 aromatic rings.